The number of fused-ring (bicyclic) bond motifs is 3. The van der Waals surface area contributed by atoms with E-state index in [1.165, 1.54) is 19.2 Å². The number of rotatable bonds is 7. The molecule has 1 heterocycles. The van der Waals surface area contributed by atoms with Crippen LogP contribution in [-0.4, -0.2) is 72.4 Å². The van der Waals surface area contributed by atoms with Gasteiger partial charge in [-0.1, -0.05) is 49.4 Å². The Morgan fingerprint density at radius 3 is 2.27 bits per heavy atom. The molecule has 0 spiro atoms. The van der Waals surface area contributed by atoms with Crippen molar-refractivity contribution in [1.29, 1.82) is 0 Å². The number of nitro groups is 1. The van der Waals surface area contributed by atoms with Gasteiger partial charge in [0.05, 0.1) is 35.2 Å². The van der Waals surface area contributed by atoms with E-state index in [1.54, 1.807) is 17.9 Å². The summed E-state index contributed by atoms with van der Waals surface area (Å²) in [5.74, 6) is -0.545. The number of aliphatic hydroxyl groups excluding tert-OH is 1. The molecule has 11 heteroatoms. The molecule has 3 aromatic carbocycles. The second-order valence-corrected chi connectivity index (χ2v) is 12.1. The Balaban J connectivity index is 1.70. The van der Waals surface area contributed by atoms with Crippen LogP contribution in [0.25, 0.3) is 11.1 Å². The fourth-order valence-electron chi connectivity index (χ4n) is 4.82. The highest BCUT2D eigenvalue weighted by Crippen LogP contribution is 2.31. The molecule has 0 aliphatic carbocycles. The van der Waals surface area contributed by atoms with Gasteiger partial charge in [-0.25, -0.2) is 8.42 Å². The summed E-state index contributed by atoms with van der Waals surface area (Å²) in [6.45, 7) is 3.80. The van der Waals surface area contributed by atoms with Gasteiger partial charge in [0.1, 0.15) is 0 Å². The number of sulfonamides is 1. The number of carbonyl (C=O) groups excluding carboxylic acids is 1. The molecule has 3 atom stereocenters. The average molecular weight is 568 g/mol. The lowest BCUT2D eigenvalue weighted by atomic mass is 9.94. The zero-order chi connectivity index (χ0) is 29.0. The second kappa shape index (κ2) is 12.3. The zero-order valence-electron chi connectivity index (χ0n) is 22.6. The lowest BCUT2D eigenvalue weighted by molar-refractivity contribution is -0.384. The summed E-state index contributed by atoms with van der Waals surface area (Å²) >= 11 is 0. The molecule has 0 bridgehead atoms. The highest BCUT2D eigenvalue weighted by Gasteiger charge is 2.33. The van der Waals surface area contributed by atoms with E-state index < -0.39 is 27.1 Å². The predicted octanol–water partition coefficient (Wildman–Crippen LogP) is 3.94. The Morgan fingerprint density at radius 1 is 1.05 bits per heavy atom. The van der Waals surface area contributed by atoms with E-state index in [-0.39, 0.29) is 48.7 Å². The van der Waals surface area contributed by atoms with Crippen LogP contribution >= 0.6 is 0 Å². The summed E-state index contributed by atoms with van der Waals surface area (Å²) < 4.78 is 34.2. The largest absolute Gasteiger partial charge is 0.394 e. The molecule has 0 unspecified atom stereocenters. The van der Waals surface area contributed by atoms with Crippen molar-refractivity contribution in [2.45, 2.75) is 37.5 Å². The molecule has 0 fully saturated rings. The van der Waals surface area contributed by atoms with Crippen LogP contribution in [0.3, 0.4) is 0 Å². The van der Waals surface area contributed by atoms with Gasteiger partial charge in [0.15, 0.2) is 0 Å². The molecular weight excluding hydrogens is 534 g/mol. The van der Waals surface area contributed by atoms with E-state index in [0.717, 1.165) is 33.1 Å². The number of non-ortho nitro benzene ring substituents is 1. The summed E-state index contributed by atoms with van der Waals surface area (Å²) in [7, 11) is -2.56. The maximum atomic E-state index is 13.9. The van der Waals surface area contributed by atoms with Crippen LogP contribution < -0.4 is 0 Å². The van der Waals surface area contributed by atoms with Crippen LogP contribution in [0.5, 0.6) is 0 Å². The van der Waals surface area contributed by atoms with Crippen molar-refractivity contribution < 1.29 is 28.0 Å². The van der Waals surface area contributed by atoms with Crippen LogP contribution in [0.2, 0.25) is 0 Å². The fraction of sp³-hybridized carbons (Fsp3) is 0.345. The maximum Gasteiger partial charge on any atom is 0.269 e. The van der Waals surface area contributed by atoms with Gasteiger partial charge >= 0.3 is 0 Å². The first-order chi connectivity index (χ1) is 19.0. The van der Waals surface area contributed by atoms with Crippen LogP contribution in [0.4, 0.5) is 5.69 Å². The zero-order valence-corrected chi connectivity index (χ0v) is 23.5. The number of nitrogens with zero attached hydrogens (tertiary/aromatic N) is 3. The number of ether oxygens (including phenoxy) is 1. The normalized spacial score (nSPS) is 18.9. The molecule has 1 aliphatic rings. The van der Waals surface area contributed by atoms with E-state index >= 15 is 0 Å². The molecule has 0 aromatic heterocycles. The molecule has 0 radical (unpaired) electrons. The minimum absolute atomic E-state index is 0.0227. The summed E-state index contributed by atoms with van der Waals surface area (Å²) in [6.07, 6.45) is -0.617. The smallest absolute Gasteiger partial charge is 0.269 e. The summed E-state index contributed by atoms with van der Waals surface area (Å²) in [4.78, 5) is 25.8. The number of aliphatic hydroxyl groups is 1. The summed E-state index contributed by atoms with van der Waals surface area (Å²) in [6, 6.07) is 19.2. The lowest BCUT2D eigenvalue weighted by Crippen LogP contribution is -2.47. The van der Waals surface area contributed by atoms with Crippen molar-refractivity contribution in [2.75, 3.05) is 26.7 Å². The van der Waals surface area contributed by atoms with E-state index in [1.807, 2.05) is 49.4 Å². The minimum atomic E-state index is -3.99. The maximum absolute atomic E-state index is 13.9. The Kier molecular flexibility index (Phi) is 8.99. The van der Waals surface area contributed by atoms with Crippen molar-refractivity contribution in [3.63, 3.8) is 0 Å². The molecule has 10 nitrogen and oxygen atoms in total. The molecule has 1 aliphatic heterocycles. The predicted molar refractivity (Wildman–Crippen MR) is 150 cm³/mol. The van der Waals surface area contributed by atoms with Crippen LogP contribution in [0.15, 0.2) is 77.7 Å². The third kappa shape index (κ3) is 6.07. The van der Waals surface area contributed by atoms with Gasteiger partial charge in [-0.2, -0.15) is 4.31 Å². The first kappa shape index (κ1) is 29.3. The standard InChI is InChI=1S/C29H33N3O7S/c1-20-16-31(21(2)18-33)29(34)27-11-7-6-10-26(27)25-9-5-4-8-22(25)19-39-28(20)17-30(3)40(37,38)24-14-12-23(13-15-24)32(35)36/h4-15,20-21,28,33H,16-19H2,1-3H3/t20-,21+,28+/m0/s1. The van der Waals surface area contributed by atoms with Gasteiger partial charge in [-0.3, -0.25) is 14.9 Å². The average Bonchev–Trinajstić information content (AvgIpc) is 2.98. The van der Waals surface area contributed by atoms with Crippen LogP contribution in [0, 0.1) is 16.0 Å². The number of likely N-dealkylation sites (N-methyl/N-ethyl adjacent to an activating group) is 1. The number of hydrogen-bond donors (Lipinski definition) is 1. The van der Waals surface area contributed by atoms with Gasteiger partial charge in [-0.15, -0.1) is 0 Å². The number of carbonyl (C=O) groups is 1. The van der Waals surface area contributed by atoms with E-state index in [2.05, 4.69) is 0 Å². The highest BCUT2D eigenvalue weighted by atomic mass is 32.2. The third-order valence-electron chi connectivity index (χ3n) is 7.29. The molecule has 0 saturated heterocycles. The molecule has 3 aromatic rings. The van der Waals surface area contributed by atoms with Crippen molar-refractivity contribution in [3.05, 3.63) is 94.0 Å². The quantitative estimate of drug-likeness (QED) is 0.338. The number of benzene rings is 3. The number of hydrogen-bond acceptors (Lipinski definition) is 7. The van der Waals surface area contributed by atoms with E-state index in [9.17, 15) is 28.4 Å². The Labute approximate surface area is 234 Å². The highest BCUT2D eigenvalue weighted by molar-refractivity contribution is 7.89. The van der Waals surface area contributed by atoms with Crippen LogP contribution in [0.1, 0.15) is 29.8 Å². The minimum Gasteiger partial charge on any atom is -0.394 e. The third-order valence-corrected chi connectivity index (χ3v) is 9.12. The van der Waals surface area contributed by atoms with Gasteiger partial charge in [0.25, 0.3) is 11.6 Å². The number of amides is 1. The molecular formula is C29H33N3O7S. The summed E-state index contributed by atoms with van der Waals surface area (Å²) in [5, 5.41) is 21.0. The molecule has 40 heavy (non-hydrogen) atoms. The molecule has 1 N–H and O–H groups in total. The van der Waals surface area contributed by atoms with Crippen molar-refractivity contribution in [3.8, 4) is 11.1 Å². The van der Waals surface area contributed by atoms with Gasteiger partial charge in [-0.05, 0) is 41.8 Å². The number of nitro benzene ring substituents is 1. The molecule has 0 saturated carbocycles. The van der Waals surface area contributed by atoms with E-state index in [0.29, 0.717) is 5.56 Å². The Morgan fingerprint density at radius 2 is 1.65 bits per heavy atom. The van der Waals surface area contributed by atoms with Crippen molar-refractivity contribution in [2.24, 2.45) is 5.92 Å². The first-order valence-electron chi connectivity index (χ1n) is 13.0. The van der Waals surface area contributed by atoms with E-state index in [4.69, 9.17) is 4.74 Å². The monoisotopic (exact) mass is 567 g/mol. The fourth-order valence-corrected chi connectivity index (χ4v) is 6.01. The SMILES string of the molecule is C[C@H](CO)N1C[C@H](C)[C@@H](CN(C)S(=O)(=O)c2ccc([N+](=O)[O-])cc2)OCc2ccccc2-c2ccccc2C1=O. The summed E-state index contributed by atoms with van der Waals surface area (Å²) in [5.41, 5.74) is 2.75. The Hall–Kier alpha value is -3.64. The van der Waals surface area contributed by atoms with Crippen LogP contribution in [-0.2, 0) is 21.4 Å². The van der Waals surface area contributed by atoms with Crippen molar-refractivity contribution >= 4 is 21.6 Å². The van der Waals surface area contributed by atoms with Crippen molar-refractivity contribution in [1.82, 2.24) is 9.21 Å². The van der Waals surface area contributed by atoms with Gasteiger partial charge < -0.3 is 14.7 Å². The molecule has 212 valence electrons. The van der Waals surface area contributed by atoms with Gasteiger partial charge in [0.2, 0.25) is 10.0 Å². The van der Waals surface area contributed by atoms with Gasteiger partial charge in [0, 0.05) is 43.8 Å². The molecule has 4 rings (SSSR count). The lowest BCUT2D eigenvalue weighted by Gasteiger charge is -2.35. The Bertz CT molecular complexity index is 1480. The second-order valence-electron chi connectivity index (χ2n) is 10.1. The first-order valence-corrected chi connectivity index (χ1v) is 14.4. The topological polar surface area (TPSA) is 130 Å². The molecule has 1 amide bonds.